The summed E-state index contributed by atoms with van der Waals surface area (Å²) in [6.45, 7) is 1.83. The molecule has 0 amide bonds. The van der Waals surface area contributed by atoms with E-state index in [0.717, 1.165) is 17.0 Å². The molecule has 0 spiro atoms. The maximum absolute atomic E-state index is 11.9. The summed E-state index contributed by atoms with van der Waals surface area (Å²) in [5.41, 5.74) is 2.27. The Bertz CT molecular complexity index is 516. The number of Topliss-reactive ketones (excluding diaryl/α,β-unsaturated/α-hetero) is 1. The largest absolute Gasteiger partial charge is 0.294 e. The zero-order valence-corrected chi connectivity index (χ0v) is 10.6. The number of thiophene rings is 1. The van der Waals surface area contributed by atoms with Gasteiger partial charge in [-0.05, 0) is 18.4 Å². The first-order valence-electron chi connectivity index (χ1n) is 4.83. The van der Waals surface area contributed by atoms with E-state index in [4.69, 9.17) is 11.6 Å². The van der Waals surface area contributed by atoms with Gasteiger partial charge in [-0.1, -0.05) is 11.6 Å². The molecular formula is C11H11ClN2OS. The summed E-state index contributed by atoms with van der Waals surface area (Å²) in [7, 11) is 1.80. The zero-order chi connectivity index (χ0) is 11.7. The van der Waals surface area contributed by atoms with Gasteiger partial charge in [0, 0.05) is 18.0 Å². The molecule has 0 saturated heterocycles. The normalized spacial score (nSPS) is 10.7. The van der Waals surface area contributed by atoms with Crippen molar-refractivity contribution >= 4 is 28.7 Å². The van der Waals surface area contributed by atoms with Gasteiger partial charge in [0.05, 0.1) is 22.8 Å². The molecule has 0 bridgehead atoms. The number of halogens is 1. The Morgan fingerprint density at radius 2 is 2.38 bits per heavy atom. The van der Waals surface area contributed by atoms with Gasteiger partial charge in [-0.25, -0.2) is 0 Å². The Hall–Kier alpha value is -1.13. The van der Waals surface area contributed by atoms with Crippen molar-refractivity contribution in [2.75, 3.05) is 0 Å². The highest BCUT2D eigenvalue weighted by Gasteiger charge is 2.15. The molecule has 84 valence electrons. The second-order valence-corrected chi connectivity index (χ2v) is 4.74. The lowest BCUT2D eigenvalue weighted by molar-refractivity contribution is 0.0991. The Balaban J connectivity index is 2.25. The smallest absolute Gasteiger partial charge is 0.169 e. The van der Waals surface area contributed by atoms with Crippen molar-refractivity contribution in [1.82, 2.24) is 9.78 Å². The number of carbonyl (C=O) groups is 1. The van der Waals surface area contributed by atoms with Gasteiger partial charge in [-0.15, -0.1) is 0 Å². The fourth-order valence-corrected chi connectivity index (χ4v) is 2.44. The van der Waals surface area contributed by atoms with E-state index in [9.17, 15) is 4.79 Å². The van der Waals surface area contributed by atoms with Crippen molar-refractivity contribution in [3.05, 3.63) is 38.8 Å². The first-order valence-corrected chi connectivity index (χ1v) is 6.15. The van der Waals surface area contributed by atoms with Gasteiger partial charge >= 0.3 is 0 Å². The number of aromatic nitrogens is 2. The third-order valence-electron chi connectivity index (χ3n) is 2.43. The highest BCUT2D eigenvalue weighted by atomic mass is 35.5. The van der Waals surface area contributed by atoms with Crippen LogP contribution in [0.5, 0.6) is 0 Å². The van der Waals surface area contributed by atoms with Crippen LogP contribution >= 0.6 is 22.9 Å². The van der Waals surface area contributed by atoms with Gasteiger partial charge in [0.1, 0.15) is 0 Å². The molecule has 2 aromatic heterocycles. The van der Waals surface area contributed by atoms with Crippen LogP contribution in [0.2, 0.25) is 5.02 Å². The quantitative estimate of drug-likeness (QED) is 0.790. The first kappa shape index (κ1) is 11.4. The van der Waals surface area contributed by atoms with Crippen LogP contribution in [0.3, 0.4) is 0 Å². The molecule has 2 rings (SSSR count). The Morgan fingerprint density at radius 1 is 1.62 bits per heavy atom. The van der Waals surface area contributed by atoms with E-state index in [1.165, 1.54) is 11.3 Å². The third kappa shape index (κ3) is 2.03. The zero-order valence-electron chi connectivity index (χ0n) is 9.03. The molecule has 3 nitrogen and oxygen atoms in total. The van der Waals surface area contributed by atoms with Crippen LogP contribution in [-0.2, 0) is 13.5 Å². The lowest BCUT2D eigenvalue weighted by Crippen LogP contribution is -2.07. The summed E-state index contributed by atoms with van der Waals surface area (Å²) in [5.74, 6) is 0.0751. The summed E-state index contributed by atoms with van der Waals surface area (Å²) >= 11 is 7.60. The van der Waals surface area contributed by atoms with Crippen LogP contribution in [0, 0.1) is 6.92 Å². The summed E-state index contributed by atoms with van der Waals surface area (Å²) < 4.78 is 1.67. The highest BCUT2D eigenvalue weighted by molar-refractivity contribution is 7.08. The molecule has 0 unspecified atom stereocenters. The minimum absolute atomic E-state index is 0.0751. The van der Waals surface area contributed by atoms with Crippen molar-refractivity contribution in [2.24, 2.45) is 7.05 Å². The number of aryl methyl sites for hydroxylation is 2. The highest BCUT2D eigenvalue weighted by Crippen LogP contribution is 2.21. The van der Waals surface area contributed by atoms with E-state index in [1.807, 2.05) is 23.8 Å². The van der Waals surface area contributed by atoms with Crippen molar-refractivity contribution in [3.8, 4) is 0 Å². The number of hydrogen-bond acceptors (Lipinski definition) is 3. The van der Waals surface area contributed by atoms with Crippen LogP contribution in [0.25, 0.3) is 0 Å². The summed E-state index contributed by atoms with van der Waals surface area (Å²) in [5, 5.41) is 8.51. The van der Waals surface area contributed by atoms with Crippen LogP contribution in [0.15, 0.2) is 16.8 Å². The average Bonchev–Trinajstić information content (AvgIpc) is 2.83. The van der Waals surface area contributed by atoms with Crippen molar-refractivity contribution in [3.63, 3.8) is 0 Å². The summed E-state index contributed by atoms with van der Waals surface area (Å²) in [6, 6.07) is 1.82. The fraction of sp³-hybridized carbons (Fsp3) is 0.273. The van der Waals surface area contributed by atoms with E-state index >= 15 is 0 Å². The molecule has 0 saturated carbocycles. The van der Waals surface area contributed by atoms with Crippen LogP contribution < -0.4 is 0 Å². The van der Waals surface area contributed by atoms with Gasteiger partial charge in [-0.3, -0.25) is 9.48 Å². The van der Waals surface area contributed by atoms with Crippen molar-refractivity contribution < 1.29 is 4.79 Å². The maximum atomic E-state index is 11.9. The monoisotopic (exact) mass is 254 g/mol. The van der Waals surface area contributed by atoms with Crippen LogP contribution in [-0.4, -0.2) is 15.6 Å². The summed E-state index contributed by atoms with van der Waals surface area (Å²) in [6.07, 6.45) is 0.299. The molecule has 0 atom stereocenters. The van der Waals surface area contributed by atoms with E-state index in [2.05, 4.69) is 5.10 Å². The number of nitrogens with zero attached hydrogens (tertiary/aromatic N) is 2. The minimum Gasteiger partial charge on any atom is -0.294 e. The Morgan fingerprint density at radius 3 is 2.88 bits per heavy atom. The third-order valence-corrected chi connectivity index (χ3v) is 3.61. The second-order valence-electron chi connectivity index (χ2n) is 3.58. The van der Waals surface area contributed by atoms with E-state index in [0.29, 0.717) is 11.4 Å². The second kappa shape index (κ2) is 4.39. The fourth-order valence-electron chi connectivity index (χ4n) is 1.55. The molecule has 0 aliphatic rings. The van der Waals surface area contributed by atoms with E-state index in [1.54, 1.807) is 11.7 Å². The lowest BCUT2D eigenvalue weighted by atomic mass is 10.1. The molecule has 16 heavy (non-hydrogen) atoms. The van der Waals surface area contributed by atoms with Crippen LogP contribution in [0.1, 0.15) is 21.7 Å². The van der Waals surface area contributed by atoms with Gasteiger partial charge in [0.15, 0.2) is 5.78 Å². The summed E-state index contributed by atoms with van der Waals surface area (Å²) in [4.78, 5) is 11.9. The first-order chi connectivity index (χ1) is 7.59. The Labute approximate surface area is 103 Å². The molecule has 0 aliphatic carbocycles. The molecule has 0 radical (unpaired) electrons. The van der Waals surface area contributed by atoms with Gasteiger partial charge in [-0.2, -0.15) is 16.4 Å². The predicted octanol–water partition coefficient (Wildman–Crippen LogP) is 2.87. The molecule has 0 aliphatic heterocycles. The number of hydrogen-bond donors (Lipinski definition) is 0. The maximum Gasteiger partial charge on any atom is 0.169 e. The molecule has 0 aromatic carbocycles. The van der Waals surface area contributed by atoms with Crippen molar-refractivity contribution in [2.45, 2.75) is 13.3 Å². The molecule has 5 heteroatoms. The molecule has 0 fully saturated rings. The van der Waals surface area contributed by atoms with Crippen molar-refractivity contribution in [1.29, 1.82) is 0 Å². The van der Waals surface area contributed by atoms with Gasteiger partial charge in [0.2, 0.25) is 0 Å². The molecule has 2 heterocycles. The molecular weight excluding hydrogens is 244 g/mol. The van der Waals surface area contributed by atoms with Crippen LogP contribution in [0.4, 0.5) is 0 Å². The molecule has 2 aromatic rings. The van der Waals surface area contributed by atoms with Gasteiger partial charge in [0.25, 0.3) is 0 Å². The Kier molecular flexibility index (Phi) is 3.12. The number of carbonyl (C=O) groups excluding carboxylic acids is 1. The SMILES string of the molecule is Cc1nn(C)c(CC(=O)c2ccsc2)c1Cl. The lowest BCUT2D eigenvalue weighted by Gasteiger charge is -2.00. The average molecular weight is 255 g/mol. The topological polar surface area (TPSA) is 34.9 Å². The minimum atomic E-state index is 0.0751. The number of rotatable bonds is 3. The molecule has 0 N–H and O–H groups in total. The van der Waals surface area contributed by atoms with E-state index in [-0.39, 0.29) is 5.78 Å². The van der Waals surface area contributed by atoms with Gasteiger partial charge < -0.3 is 0 Å². The van der Waals surface area contributed by atoms with E-state index < -0.39 is 0 Å². The number of ketones is 1. The predicted molar refractivity (Wildman–Crippen MR) is 65.3 cm³/mol. The standard InChI is InChI=1S/C11H11ClN2OS/c1-7-11(12)9(14(2)13-7)5-10(15)8-3-4-16-6-8/h3-4,6H,5H2,1-2H3.